The molecule has 3 N–H and O–H groups in total. The Balaban J connectivity index is 2.45. The predicted molar refractivity (Wildman–Crippen MR) is 101 cm³/mol. The zero-order chi connectivity index (χ0) is 20.4. The molecule has 0 radical (unpaired) electrons. The average Bonchev–Trinajstić information content (AvgIpc) is 2.54. The largest absolute Gasteiger partial charge is 0.433 e. The zero-order valence-electron chi connectivity index (χ0n) is 15.4. The Hall–Kier alpha value is -2.06. The summed E-state index contributed by atoms with van der Waals surface area (Å²) < 4.78 is 39.8. The predicted octanol–water partition coefficient (Wildman–Crippen LogP) is 4.94. The lowest BCUT2D eigenvalue weighted by Crippen LogP contribution is -2.30. The minimum absolute atomic E-state index is 0.00575. The average molecular weight is 403 g/mol. The molecule has 148 valence electrons. The molecule has 1 aromatic carbocycles. The second-order valence-corrected chi connectivity index (χ2v) is 7.11. The molecule has 0 saturated heterocycles. The molecule has 0 saturated carbocycles. The Bertz CT molecular complexity index is 789. The maximum Gasteiger partial charge on any atom is 0.433 e. The van der Waals surface area contributed by atoms with Crippen LogP contribution in [0.5, 0.6) is 0 Å². The summed E-state index contributed by atoms with van der Waals surface area (Å²) in [6.07, 6.45) is -4.63. The van der Waals surface area contributed by atoms with Gasteiger partial charge in [0.05, 0.1) is 12.6 Å². The Labute approximate surface area is 161 Å². The number of rotatable bonds is 6. The molecule has 0 aliphatic rings. The third kappa shape index (κ3) is 5.46. The summed E-state index contributed by atoms with van der Waals surface area (Å²) in [6, 6.07) is 3.80. The standard InChI is InChI=1S/C18H22ClF3N4O/c1-9(2)13(8-27)23-17-24-14(18(20,21)22)7-15(26-17)25-16-10(3)5-12(19)6-11(16)4/h5-7,9,13,27H,8H2,1-4H3,(H2,23,24,25,26)/t13-/m0/s1. The van der Waals surface area contributed by atoms with E-state index in [9.17, 15) is 18.3 Å². The summed E-state index contributed by atoms with van der Waals surface area (Å²) in [7, 11) is 0. The maximum atomic E-state index is 13.3. The first-order valence-corrected chi connectivity index (χ1v) is 8.76. The molecule has 1 atom stereocenters. The summed E-state index contributed by atoms with van der Waals surface area (Å²) in [5.74, 6) is -0.233. The summed E-state index contributed by atoms with van der Waals surface area (Å²) >= 11 is 6.00. The van der Waals surface area contributed by atoms with Crippen LogP contribution in [-0.4, -0.2) is 27.7 Å². The topological polar surface area (TPSA) is 70.1 Å². The van der Waals surface area contributed by atoms with Crippen molar-refractivity contribution in [3.8, 4) is 0 Å². The van der Waals surface area contributed by atoms with Gasteiger partial charge in [-0.2, -0.15) is 18.2 Å². The highest BCUT2D eigenvalue weighted by molar-refractivity contribution is 6.30. The number of benzene rings is 1. The van der Waals surface area contributed by atoms with Crippen LogP contribution in [0.15, 0.2) is 18.2 Å². The van der Waals surface area contributed by atoms with Crippen LogP contribution >= 0.6 is 11.6 Å². The minimum Gasteiger partial charge on any atom is -0.394 e. The quantitative estimate of drug-likeness (QED) is 0.638. The molecule has 27 heavy (non-hydrogen) atoms. The van der Waals surface area contributed by atoms with E-state index in [2.05, 4.69) is 20.6 Å². The molecule has 0 unspecified atom stereocenters. The first kappa shape index (κ1) is 21.2. The lowest BCUT2D eigenvalue weighted by Gasteiger charge is -2.21. The third-order valence-corrected chi connectivity index (χ3v) is 4.30. The number of aryl methyl sites for hydroxylation is 2. The Morgan fingerprint density at radius 1 is 1.11 bits per heavy atom. The van der Waals surface area contributed by atoms with Gasteiger partial charge in [0.25, 0.3) is 0 Å². The lowest BCUT2D eigenvalue weighted by molar-refractivity contribution is -0.141. The molecule has 0 aliphatic heterocycles. The number of hydrogen-bond acceptors (Lipinski definition) is 5. The summed E-state index contributed by atoms with van der Waals surface area (Å²) in [6.45, 7) is 7.01. The number of alkyl halides is 3. The second-order valence-electron chi connectivity index (χ2n) is 6.68. The molecular weight excluding hydrogens is 381 g/mol. The molecule has 9 heteroatoms. The van der Waals surface area contributed by atoms with Gasteiger partial charge in [-0.15, -0.1) is 0 Å². The van der Waals surface area contributed by atoms with E-state index in [4.69, 9.17) is 11.6 Å². The first-order chi connectivity index (χ1) is 12.5. The number of aliphatic hydroxyl groups is 1. The van der Waals surface area contributed by atoms with Crippen molar-refractivity contribution in [1.82, 2.24) is 9.97 Å². The van der Waals surface area contributed by atoms with Crippen molar-refractivity contribution in [2.24, 2.45) is 5.92 Å². The lowest BCUT2D eigenvalue weighted by atomic mass is 10.1. The monoisotopic (exact) mass is 402 g/mol. The molecule has 1 heterocycles. The molecule has 2 aromatic rings. The highest BCUT2D eigenvalue weighted by atomic mass is 35.5. The van der Waals surface area contributed by atoms with Crippen molar-refractivity contribution in [3.63, 3.8) is 0 Å². The number of anilines is 3. The number of hydrogen-bond donors (Lipinski definition) is 3. The van der Waals surface area contributed by atoms with Crippen LogP contribution in [0.25, 0.3) is 0 Å². The van der Waals surface area contributed by atoms with Gasteiger partial charge in [-0.3, -0.25) is 0 Å². The van der Waals surface area contributed by atoms with E-state index in [0.29, 0.717) is 10.7 Å². The Morgan fingerprint density at radius 3 is 2.19 bits per heavy atom. The van der Waals surface area contributed by atoms with Crippen LogP contribution in [0.2, 0.25) is 5.02 Å². The summed E-state index contributed by atoms with van der Waals surface area (Å²) in [5, 5.41) is 15.7. The second kappa shape index (κ2) is 8.31. The van der Waals surface area contributed by atoms with Gasteiger partial charge in [-0.25, -0.2) is 4.98 Å². The van der Waals surface area contributed by atoms with Gasteiger partial charge in [0, 0.05) is 16.8 Å². The fraction of sp³-hybridized carbons (Fsp3) is 0.444. The van der Waals surface area contributed by atoms with E-state index in [-0.39, 0.29) is 24.3 Å². The molecule has 0 aliphatic carbocycles. The molecule has 2 rings (SSSR count). The van der Waals surface area contributed by atoms with Gasteiger partial charge in [0.2, 0.25) is 5.95 Å². The normalized spacial score (nSPS) is 13.0. The van der Waals surface area contributed by atoms with Gasteiger partial charge in [0.15, 0.2) is 5.69 Å². The molecule has 5 nitrogen and oxygen atoms in total. The molecule has 0 bridgehead atoms. The molecule has 0 amide bonds. The van der Waals surface area contributed by atoms with E-state index >= 15 is 0 Å². The highest BCUT2D eigenvalue weighted by Crippen LogP contribution is 2.32. The van der Waals surface area contributed by atoms with Crippen LogP contribution in [0.3, 0.4) is 0 Å². The van der Waals surface area contributed by atoms with Gasteiger partial charge < -0.3 is 15.7 Å². The van der Waals surface area contributed by atoms with Crippen molar-refractivity contribution in [2.75, 3.05) is 17.2 Å². The van der Waals surface area contributed by atoms with E-state index < -0.39 is 17.9 Å². The fourth-order valence-electron chi connectivity index (χ4n) is 2.55. The van der Waals surface area contributed by atoms with Crippen LogP contribution < -0.4 is 10.6 Å². The fourth-order valence-corrected chi connectivity index (χ4v) is 2.87. The van der Waals surface area contributed by atoms with Gasteiger partial charge >= 0.3 is 6.18 Å². The van der Waals surface area contributed by atoms with E-state index in [0.717, 1.165) is 17.2 Å². The zero-order valence-corrected chi connectivity index (χ0v) is 16.2. The van der Waals surface area contributed by atoms with Crippen LogP contribution in [-0.2, 0) is 6.18 Å². The Kier molecular flexibility index (Phi) is 6.54. The van der Waals surface area contributed by atoms with Gasteiger partial charge in [0.1, 0.15) is 5.82 Å². The number of aromatic nitrogens is 2. The number of halogens is 4. The number of nitrogens with zero attached hydrogens (tertiary/aromatic N) is 2. The molecular formula is C18H22ClF3N4O. The molecule has 0 fully saturated rings. The van der Waals surface area contributed by atoms with Crippen molar-refractivity contribution in [1.29, 1.82) is 0 Å². The van der Waals surface area contributed by atoms with E-state index in [1.807, 2.05) is 13.8 Å². The van der Waals surface area contributed by atoms with E-state index in [1.54, 1.807) is 26.0 Å². The van der Waals surface area contributed by atoms with Crippen molar-refractivity contribution in [2.45, 2.75) is 39.9 Å². The Morgan fingerprint density at radius 2 is 1.70 bits per heavy atom. The van der Waals surface area contributed by atoms with Crippen molar-refractivity contribution >= 4 is 29.1 Å². The highest BCUT2D eigenvalue weighted by Gasteiger charge is 2.34. The molecule has 0 spiro atoms. The maximum absolute atomic E-state index is 13.3. The summed E-state index contributed by atoms with van der Waals surface area (Å²) in [5.41, 5.74) is 1.10. The number of aliphatic hydroxyl groups excluding tert-OH is 1. The van der Waals surface area contributed by atoms with E-state index in [1.165, 1.54) is 0 Å². The smallest absolute Gasteiger partial charge is 0.394 e. The van der Waals surface area contributed by atoms with Crippen LogP contribution in [0.1, 0.15) is 30.7 Å². The van der Waals surface area contributed by atoms with Gasteiger partial charge in [-0.05, 0) is 43.0 Å². The first-order valence-electron chi connectivity index (χ1n) is 8.38. The SMILES string of the molecule is Cc1cc(Cl)cc(C)c1Nc1cc(C(F)(F)F)nc(N[C@@H](CO)C(C)C)n1. The number of nitrogens with one attached hydrogen (secondary N) is 2. The minimum atomic E-state index is -4.63. The summed E-state index contributed by atoms with van der Waals surface area (Å²) in [4.78, 5) is 7.70. The van der Waals surface area contributed by atoms with Crippen molar-refractivity contribution in [3.05, 3.63) is 40.0 Å². The van der Waals surface area contributed by atoms with Gasteiger partial charge in [-0.1, -0.05) is 25.4 Å². The third-order valence-electron chi connectivity index (χ3n) is 4.08. The van der Waals surface area contributed by atoms with Crippen molar-refractivity contribution < 1.29 is 18.3 Å². The van der Waals surface area contributed by atoms with Crippen LogP contribution in [0.4, 0.5) is 30.6 Å². The van der Waals surface area contributed by atoms with Crippen LogP contribution in [0, 0.1) is 19.8 Å². The molecule has 1 aromatic heterocycles.